The van der Waals surface area contributed by atoms with Crippen LogP contribution in [0.5, 0.6) is 0 Å². The fourth-order valence-corrected chi connectivity index (χ4v) is 5.45. The lowest BCUT2D eigenvalue weighted by Crippen LogP contribution is -2.50. The Bertz CT molecular complexity index is 795. The molecule has 0 radical (unpaired) electrons. The Morgan fingerprint density at radius 2 is 1.64 bits per heavy atom. The zero-order valence-electron chi connectivity index (χ0n) is 16.0. The van der Waals surface area contributed by atoms with Crippen LogP contribution in [0.1, 0.15) is 44.9 Å². The summed E-state index contributed by atoms with van der Waals surface area (Å²) in [6.07, 6.45) is 7.73. The Morgan fingerprint density at radius 1 is 1.04 bits per heavy atom. The number of nitrogens with zero attached hydrogens (tertiary/aromatic N) is 3. The van der Waals surface area contributed by atoms with Crippen molar-refractivity contribution in [1.29, 1.82) is 0 Å². The first-order valence-electron chi connectivity index (χ1n) is 9.90. The maximum absolute atomic E-state index is 12.7. The number of nitro groups is 1. The predicted octanol–water partition coefficient (Wildman–Crippen LogP) is 2.79. The van der Waals surface area contributed by atoms with E-state index >= 15 is 0 Å². The van der Waals surface area contributed by atoms with E-state index in [1.165, 1.54) is 60.7 Å². The number of hydrogen-bond donors (Lipinski definition) is 0. The van der Waals surface area contributed by atoms with Gasteiger partial charge in [0.15, 0.2) is 0 Å². The van der Waals surface area contributed by atoms with Crippen molar-refractivity contribution in [2.24, 2.45) is 5.92 Å². The molecule has 0 spiro atoms. The Hall–Kier alpha value is -2.00. The number of hydrogen-bond acceptors (Lipinski definition) is 5. The van der Waals surface area contributed by atoms with Gasteiger partial charge in [0, 0.05) is 44.7 Å². The second-order valence-corrected chi connectivity index (χ2v) is 9.52. The second-order valence-electron chi connectivity index (χ2n) is 7.58. The molecule has 9 heteroatoms. The summed E-state index contributed by atoms with van der Waals surface area (Å²) < 4.78 is 26.8. The topological polar surface area (TPSA) is 101 Å². The van der Waals surface area contributed by atoms with E-state index in [1.54, 1.807) is 4.90 Å². The number of carbonyl (C=O) groups is 1. The molecule has 3 rings (SSSR count). The molecule has 1 aliphatic carbocycles. The van der Waals surface area contributed by atoms with Gasteiger partial charge in [-0.2, -0.15) is 4.31 Å². The van der Waals surface area contributed by atoms with Crippen molar-refractivity contribution in [3.05, 3.63) is 34.4 Å². The van der Waals surface area contributed by atoms with Gasteiger partial charge >= 0.3 is 0 Å². The summed E-state index contributed by atoms with van der Waals surface area (Å²) in [4.78, 5) is 24.4. The average Bonchev–Trinajstić information content (AvgIpc) is 2.73. The molecule has 0 unspecified atom stereocenters. The first-order chi connectivity index (χ1) is 13.4. The SMILES string of the molecule is O=C(CCC1CCCCC1)N1CCN(S(=O)(=O)c2ccc([N+](=O)[O-])cc2)CC1. The molecule has 2 aliphatic rings. The number of sulfonamides is 1. The first-order valence-corrected chi connectivity index (χ1v) is 11.3. The number of amides is 1. The highest BCUT2D eigenvalue weighted by Gasteiger charge is 2.30. The van der Waals surface area contributed by atoms with Gasteiger partial charge in [-0.15, -0.1) is 0 Å². The maximum atomic E-state index is 12.7. The summed E-state index contributed by atoms with van der Waals surface area (Å²) in [5.74, 6) is 0.763. The van der Waals surface area contributed by atoms with E-state index in [4.69, 9.17) is 0 Å². The Labute approximate surface area is 165 Å². The predicted molar refractivity (Wildman–Crippen MR) is 104 cm³/mol. The highest BCUT2D eigenvalue weighted by molar-refractivity contribution is 7.89. The van der Waals surface area contributed by atoms with Crippen molar-refractivity contribution in [3.63, 3.8) is 0 Å². The van der Waals surface area contributed by atoms with Crippen LogP contribution in [0.4, 0.5) is 5.69 Å². The van der Waals surface area contributed by atoms with Gasteiger partial charge in [0.25, 0.3) is 5.69 Å². The van der Waals surface area contributed by atoms with Crippen LogP contribution in [0.25, 0.3) is 0 Å². The zero-order chi connectivity index (χ0) is 20.1. The average molecular weight is 410 g/mol. The van der Waals surface area contributed by atoms with Crippen LogP contribution in [0.3, 0.4) is 0 Å². The lowest BCUT2D eigenvalue weighted by Gasteiger charge is -2.34. The summed E-state index contributed by atoms with van der Waals surface area (Å²) in [6.45, 7) is 1.26. The third kappa shape index (κ3) is 4.88. The summed E-state index contributed by atoms with van der Waals surface area (Å²) in [5.41, 5.74) is -0.146. The van der Waals surface area contributed by atoms with Crippen LogP contribution in [-0.2, 0) is 14.8 Å². The molecule has 1 aromatic carbocycles. The molecule has 2 fully saturated rings. The van der Waals surface area contributed by atoms with Crippen molar-refractivity contribution < 1.29 is 18.1 Å². The molecule has 1 aromatic rings. The molecule has 154 valence electrons. The molecule has 0 atom stereocenters. The van der Waals surface area contributed by atoms with Crippen molar-refractivity contribution in [3.8, 4) is 0 Å². The van der Waals surface area contributed by atoms with Gasteiger partial charge in [0.1, 0.15) is 0 Å². The number of carbonyl (C=O) groups excluding carboxylic acids is 1. The van der Waals surface area contributed by atoms with Crippen LogP contribution >= 0.6 is 0 Å². The Kier molecular flexibility index (Phi) is 6.66. The van der Waals surface area contributed by atoms with Crippen LogP contribution < -0.4 is 0 Å². The van der Waals surface area contributed by atoms with Crippen LogP contribution in [-0.4, -0.2) is 54.6 Å². The summed E-state index contributed by atoms with van der Waals surface area (Å²) in [7, 11) is -3.71. The molecule has 0 bridgehead atoms. The molecule has 1 amide bonds. The van der Waals surface area contributed by atoms with Crippen LogP contribution in [0.15, 0.2) is 29.2 Å². The Balaban J connectivity index is 1.52. The van der Waals surface area contributed by atoms with E-state index in [-0.39, 0.29) is 29.6 Å². The van der Waals surface area contributed by atoms with Crippen molar-refractivity contribution in [2.45, 2.75) is 49.8 Å². The van der Waals surface area contributed by atoms with Crippen LogP contribution in [0.2, 0.25) is 0 Å². The minimum absolute atomic E-state index is 0.0372. The van der Waals surface area contributed by atoms with Gasteiger partial charge in [-0.25, -0.2) is 8.42 Å². The van der Waals surface area contributed by atoms with E-state index in [9.17, 15) is 23.3 Å². The summed E-state index contributed by atoms with van der Waals surface area (Å²) in [5, 5.41) is 10.7. The smallest absolute Gasteiger partial charge is 0.269 e. The van der Waals surface area contributed by atoms with Gasteiger partial charge in [-0.05, 0) is 24.5 Å². The molecule has 28 heavy (non-hydrogen) atoms. The van der Waals surface area contributed by atoms with Crippen LogP contribution in [0, 0.1) is 16.0 Å². The van der Waals surface area contributed by atoms with E-state index in [0.717, 1.165) is 6.42 Å². The first kappa shape index (κ1) is 20.7. The normalized spacial score (nSPS) is 19.5. The van der Waals surface area contributed by atoms with Gasteiger partial charge < -0.3 is 4.90 Å². The molecule has 1 aliphatic heterocycles. The lowest BCUT2D eigenvalue weighted by molar-refractivity contribution is -0.384. The van der Waals surface area contributed by atoms with Gasteiger partial charge in [-0.1, -0.05) is 32.1 Å². The molecule has 0 aromatic heterocycles. The zero-order valence-corrected chi connectivity index (χ0v) is 16.8. The minimum Gasteiger partial charge on any atom is -0.340 e. The summed E-state index contributed by atoms with van der Waals surface area (Å²) in [6, 6.07) is 4.90. The minimum atomic E-state index is -3.71. The molecule has 8 nitrogen and oxygen atoms in total. The highest BCUT2D eigenvalue weighted by Crippen LogP contribution is 2.28. The quantitative estimate of drug-likeness (QED) is 0.531. The highest BCUT2D eigenvalue weighted by atomic mass is 32.2. The monoisotopic (exact) mass is 409 g/mol. The van der Waals surface area contributed by atoms with Crippen molar-refractivity contribution in [1.82, 2.24) is 9.21 Å². The van der Waals surface area contributed by atoms with Crippen molar-refractivity contribution >= 4 is 21.6 Å². The van der Waals surface area contributed by atoms with Gasteiger partial charge in [0.05, 0.1) is 9.82 Å². The molecule has 1 saturated heterocycles. The Morgan fingerprint density at radius 3 is 2.21 bits per heavy atom. The van der Waals surface area contributed by atoms with E-state index in [2.05, 4.69) is 0 Å². The molecular weight excluding hydrogens is 382 g/mol. The van der Waals surface area contributed by atoms with Gasteiger partial charge in [-0.3, -0.25) is 14.9 Å². The third-order valence-corrected chi connectivity index (χ3v) is 7.68. The van der Waals surface area contributed by atoms with E-state index in [0.29, 0.717) is 25.4 Å². The standard InChI is InChI=1S/C19H27N3O5S/c23-19(11-6-16-4-2-1-3-5-16)20-12-14-21(15-13-20)28(26,27)18-9-7-17(8-10-18)22(24)25/h7-10,16H,1-6,11-15H2. The maximum Gasteiger partial charge on any atom is 0.269 e. The third-order valence-electron chi connectivity index (χ3n) is 5.77. The lowest BCUT2D eigenvalue weighted by atomic mass is 9.86. The van der Waals surface area contributed by atoms with E-state index < -0.39 is 14.9 Å². The number of benzene rings is 1. The number of non-ortho nitro benzene ring substituents is 1. The number of piperazine rings is 1. The summed E-state index contributed by atoms with van der Waals surface area (Å²) >= 11 is 0. The molecular formula is C19H27N3O5S. The largest absolute Gasteiger partial charge is 0.340 e. The molecule has 1 saturated carbocycles. The van der Waals surface area contributed by atoms with E-state index in [1.807, 2.05) is 0 Å². The fraction of sp³-hybridized carbons (Fsp3) is 0.632. The number of nitro benzene ring substituents is 1. The number of rotatable bonds is 6. The fourth-order valence-electron chi connectivity index (χ4n) is 4.03. The van der Waals surface area contributed by atoms with Crippen molar-refractivity contribution in [2.75, 3.05) is 26.2 Å². The second kappa shape index (κ2) is 9.00. The molecule has 1 heterocycles. The molecule has 0 N–H and O–H groups in total. The van der Waals surface area contributed by atoms with Gasteiger partial charge in [0.2, 0.25) is 15.9 Å².